The molecule has 0 saturated heterocycles. The number of nitro benzene ring substituents is 1. The Hall–Kier alpha value is -4.58. The molecule has 0 spiro atoms. The molecule has 12 heteroatoms. The van der Waals surface area contributed by atoms with Crippen molar-refractivity contribution in [3.63, 3.8) is 0 Å². The summed E-state index contributed by atoms with van der Waals surface area (Å²) >= 11 is 3.44. The Morgan fingerprint density at radius 1 is 0.892 bits per heavy atom. The lowest BCUT2D eigenvalue weighted by molar-refractivity contribution is -0.384. The van der Waals surface area contributed by atoms with Crippen molar-refractivity contribution < 1.29 is 9.66 Å². The quantitative estimate of drug-likeness (QED) is 0.125. The highest BCUT2D eigenvalue weighted by Crippen LogP contribution is 2.23. The van der Waals surface area contributed by atoms with Gasteiger partial charge < -0.3 is 15.4 Å². The van der Waals surface area contributed by atoms with Crippen LogP contribution in [0.25, 0.3) is 0 Å². The van der Waals surface area contributed by atoms with Crippen LogP contribution in [0.3, 0.4) is 0 Å². The third kappa shape index (κ3) is 6.76. The zero-order valence-corrected chi connectivity index (χ0v) is 21.8. The summed E-state index contributed by atoms with van der Waals surface area (Å²) in [5.41, 5.74) is 7.23. The molecule has 3 N–H and O–H groups in total. The van der Waals surface area contributed by atoms with Gasteiger partial charge in [0.1, 0.15) is 5.75 Å². The van der Waals surface area contributed by atoms with Crippen molar-refractivity contribution in [3.8, 4) is 5.75 Å². The molecular weight excluding hydrogens is 540 g/mol. The first kappa shape index (κ1) is 25.5. The average Bonchev–Trinajstić information content (AvgIpc) is 2.87. The summed E-state index contributed by atoms with van der Waals surface area (Å²) < 4.78 is 6.25. The van der Waals surface area contributed by atoms with Crippen LogP contribution in [-0.4, -0.2) is 33.2 Å². The first-order valence-corrected chi connectivity index (χ1v) is 11.8. The summed E-state index contributed by atoms with van der Waals surface area (Å²) in [5.74, 6) is 1.33. The van der Waals surface area contributed by atoms with E-state index in [-0.39, 0.29) is 23.5 Å². The first-order chi connectivity index (χ1) is 17.8. The number of rotatable bonds is 9. The highest BCUT2D eigenvalue weighted by atomic mass is 79.9. The van der Waals surface area contributed by atoms with Gasteiger partial charge in [0.05, 0.1) is 18.2 Å². The zero-order valence-electron chi connectivity index (χ0n) is 20.2. The van der Waals surface area contributed by atoms with E-state index in [1.165, 1.54) is 17.7 Å². The maximum atomic E-state index is 11.0. The van der Waals surface area contributed by atoms with Crippen LogP contribution in [0.5, 0.6) is 5.75 Å². The molecule has 0 amide bonds. The van der Waals surface area contributed by atoms with Crippen LogP contribution < -0.4 is 20.8 Å². The Kier molecular flexibility index (Phi) is 7.89. The minimum Gasteiger partial charge on any atom is -0.496 e. The van der Waals surface area contributed by atoms with Crippen LogP contribution >= 0.6 is 15.9 Å². The fourth-order valence-electron chi connectivity index (χ4n) is 3.25. The number of anilines is 5. The monoisotopic (exact) mass is 562 g/mol. The summed E-state index contributed by atoms with van der Waals surface area (Å²) in [7, 11) is 1.58. The maximum Gasteiger partial charge on any atom is 0.269 e. The van der Waals surface area contributed by atoms with Crippen LogP contribution in [0.2, 0.25) is 0 Å². The number of hydrogen-bond donors (Lipinski definition) is 3. The maximum absolute atomic E-state index is 11.0. The number of aromatic nitrogens is 3. The van der Waals surface area contributed by atoms with Gasteiger partial charge in [-0.05, 0) is 67.4 Å². The van der Waals surface area contributed by atoms with Crippen LogP contribution in [0.15, 0.2) is 70.2 Å². The largest absolute Gasteiger partial charge is 0.496 e. The van der Waals surface area contributed by atoms with E-state index >= 15 is 0 Å². The van der Waals surface area contributed by atoms with Gasteiger partial charge in [0.2, 0.25) is 17.8 Å². The minimum atomic E-state index is -0.460. The van der Waals surface area contributed by atoms with E-state index in [2.05, 4.69) is 52.0 Å². The number of nitro groups is 1. The van der Waals surface area contributed by atoms with E-state index < -0.39 is 4.92 Å². The van der Waals surface area contributed by atoms with E-state index in [0.717, 1.165) is 21.3 Å². The first-order valence-electron chi connectivity index (χ1n) is 11.0. The summed E-state index contributed by atoms with van der Waals surface area (Å²) in [4.78, 5) is 23.7. The molecule has 1 aromatic heterocycles. The summed E-state index contributed by atoms with van der Waals surface area (Å²) in [6.45, 7) is 4.06. The fourth-order valence-corrected chi connectivity index (χ4v) is 3.63. The number of nitrogens with zero attached hydrogens (tertiary/aromatic N) is 5. The molecule has 11 nitrogen and oxygen atoms in total. The molecule has 0 radical (unpaired) electrons. The lowest BCUT2D eigenvalue weighted by Crippen LogP contribution is -2.07. The average molecular weight is 563 g/mol. The molecule has 0 saturated carbocycles. The molecule has 0 unspecified atom stereocenters. The number of benzene rings is 3. The van der Waals surface area contributed by atoms with Crippen LogP contribution in [0.4, 0.5) is 34.9 Å². The molecular formula is C25H23BrN8O3. The van der Waals surface area contributed by atoms with Gasteiger partial charge >= 0.3 is 0 Å². The Morgan fingerprint density at radius 3 is 2.19 bits per heavy atom. The molecule has 1 heterocycles. The Bertz CT molecular complexity index is 1460. The highest BCUT2D eigenvalue weighted by Gasteiger charge is 2.10. The predicted molar refractivity (Wildman–Crippen MR) is 147 cm³/mol. The minimum absolute atomic E-state index is 0.0158. The van der Waals surface area contributed by atoms with Gasteiger partial charge in [-0.2, -0.15) is 20.1 Å². The summed E-state index contributed by atoms with van der Waals surface area (Å²) in [6.07, 6.45) is 1.59. The van der Waals surface area contributed by atoms with Gasteiger partial charge in [0.15, 0.2) is 0 Å². The van der Waals surface area contributed by atoms with Gasteiger partial charge in [0, 0.05) is 33.5 Å². The van der Waals surface area contributed by atoms with Gasteiger partial charge in [-0.1, -0.05) is 22.0 Å². The molecule has 0 fully saturated rings. The highest BCUT2D eigenvalue weighted by molar-refractivity contribution is 9.10. The summed E-state index contributed by atoms with van der Waals surface area (Å²) in [6, 6.07) is 17.4. The molecule has 3 aromatic carbocycles. The standard InChI is InChI=1S/C25H23BrN8O3/c1-15-4-6-20(12-16(15)2)29-24-30-23(28-19-7-9-21(10-8-19)34(35)36)31-25(32-24)33-27-14-17-13-18(26)5-11-22(17)37-3/h4-14H,1-3H3,(H3,28,29,30,31,32,33)/b27-14+. The van der Waals surface area contributed by atoms with E-state index in [1.54, 1.807) is 25.5 Å². The Morgan fingerprint density at radius 2 is 1.54 bits per heavy atom. The molecule has 4 rings (SSSR count). The smallest absolute Gasteiger partial charge is 0.269 e. The molecule has 0 bridgehead atoms. The van der Waals surface area contributed by atoms with E-state index in [0.29, 0.717) is 11.4 Å². The number of non-ortho nitro benzene ring substituents is 1. The second kappa shape index (κ2) is 11.4. The molecule has 0 aliphatic carbocycles. The molecule has 0 aliphatic heterocycles. The zero-order chi connectivity index (χ0) is 26.4. The number of halogens is 1. The number of hydrazone groups is 1. The van der Waals surface area contributed by atoms with Gasteiger partial charge in [0.25, 0.3) is 5.69 Å². The van der Waals surface area contributed by atoms with Crippen molar-refractivity contribution in [1.82, 2.24) is 15.0 Å². The van der Waals surface area contributed by atoms with Crippen molar-refractivity contribution in [2.24, 2.45) is 5.10 Å². The second-order valence-corrected chi connectivity index (χ2v) is 8.83. The Balaban J connectivity index is 1.61. The third-order valence-electron chi connectivity index (χ3n) is 5.29. The van der Waals surface area contributed by atoms with E-state index in [4.69, 9.17) is 4.74 Å². The lowest BCUT2D eigenvalue weighted by atomic mass is 10.1. The topological polar surface area (TPSA) is 139 Å². The molecule has 188 valence electrons. The molecule has 37 heavy (non-hydrogen) atoms. The van der Waals surface area contributed by atoms with E-state index in [1.807, 2.05) is 50.2 Å². The second-order valence-electron chi connectivity index (χ2n) is 7.92. The third-order valence-corrected chi connectivity index (χ3v) is 5.79. The SMILES string of the molecule is COc1ccc(Br)cc1/C=N/Nc1nc(Nc2ccc([N+](=O)[O-])cc2)nc(Nc2ccc(C)c(C)c2)n1. The van der Waals surface area contributed by atoms with Gasteiger partial charge in [-0.25, -0.2) is 5.43 Å². The number of hydrogen-bond acceptors (Lipinski definition) is 10. The van der Waals surface area contributed by atoms with Crippen LogP contribution in [0, 0.1) is 24.0 Å². The van der Waals surface area contributed by atoms with Crippen molar-refractivity contribution in [2.45, 2.75) is 13.8 Å². The summed E-state index contributed by atoms with van der Waals surface area (Å²) in [5, 5.41) is 21.4. The fraction of sp³-hybridized carbons (Fsp3) is 0.120. The van der Waals surface area contributed by atoms with Gasteiger partial charge in [-0.3, -0.25) is 10.1 Å². The normalized spacial score (nSPS) is 10.8. The molecule has 4 aromatic rings. The van der Waals surface area contributed by atoms with Crippen LogP contribution in [0.1, 0.15) is 16.7 Å². The number of aryl methyl sites for hydroxylation is 2. The molecule has 0 atom stereocenters. The van der Waals surface area contributed by atoms with Crippen LogP contribution in [-0.2, 0) is 0 Å². The Labute approximate surface area is 221 Å². The van der Waals surface area contributed by atoms with Crippen molar-refractivity contribution in [1.29, 1.82) is 0 Å². The number of ether oxygens (including phenoxy) is 1. The molecule has 0 aliphatic rings. The predicted octanol–water partition coefficient (Wildman–Crippen LogP) is 6.10. The van der Waals surface area contributed by atoms with E-state index in [9.17, 15) is 10.1 Å². The van der Waals surface area contributed by atoms with Gasteiger partial charge in [-0.15, -0.1) is 0 Å². The van der Waals surface area contributed by atoms with Crippen molar-refractivity contribution in [3.05, 3.63) is 91.9 Å². The lowest BCUT2D eigenvalue weighted by Gasteiger charge is -2.11. The van der Waals surface area contributed by atoms with Crippen molar-refractivity contribution in [2.75, 3.05) is 23.2 Å². The van der Waals surface area contributed by atoms with Crippen molar-refractivity contribution >= 4 is 57.1 Å². The number of methoxy groups -OCH3 is 1. The number of nitrogens with one attached hydrogen (secondary N) is 3.